The SMILES string of the molecule is CC(C)CN(CCC(=O)Oc1ccc2c(c1)CCC2)C(=O)N[C@@H](Cc1ccc(-c2ccccc2)cc1)C(=O)O. The molecule has 0 fully saturated rings. The molecule has 0 heterocycles. The van der Waals surface area contributed by atoms with Crippen molar-refractivity contribution < 1.29 is 24.2 Å². The van der Waals surface area contributed by atoms with Crippen LogP contribution in [0.3, 0.4) is 0 Å². The number of ether oxygens (including phenoxy) is 1. The number of carbonyl (C=O) groups is 3. The van der Waals surface area contributed by atoms with Gasteiger partial charge < -0.3 is 20.1 Å². The summed E-state index contributed by atoms with van der Waals surface area (Å²) in [5, 5.41) is 12.5. The minimum Gasteiger partial charge on any atom is -0.480 e. The average molecular weight is 529 g/mol. The second kappa shape index (κ2) is 13.1. The molecule has 0 aromatic heterocycles. The van der Waals surface area contributed by atoms with Gasteiger partial charge in [0.05, 0.1) is 6.42 Å². The highest BCUT2D eigenvalue weighted by atomic mass is 16.5. The zero-order chi connectivity index (χ0) is 27.8. The molecule has 7 nitrogen and oxygen atoms in total. The minimum absolute atomic E-state index is 0.00983. The Morgan fingerprint density at radius 1 is 0.923 bits per heavy atom. The van der Waals surface area contributed by atoms with Crippen LogP contribution in [0.2, 0.25) is 0 Å². The highest BCUT2D eigenvalue weighted by Crippen LogP contribution is 2.26. The zero-order valence-corrected chi connectivity index (χ0v) is 22.6. The number of fused-ring (bicyclic) bond motifs is 1. The van der Waals surface area contributed by atoms with E-state index in [1.807, 2.05) is 86.6 Å². The summed E-state index contributed by atoms with van der Waals surface area (Å²) in [6.45, 7) is 4.44. The van der Waals surface area contributed by atoms with E-state index in [0.29, 0.717) is 12.3 Å². The van der Waals surface area contributed by atoms with E-state index >= 15 is 0 Å². The molecule has 3 aromatic rings. The van der Waals surface area contributed by atoms with Crippen LogP contribution in [0.15, 0.2) is 72.8 Å². The monoisotopic (exact) mass is 528 g/mol. The van der Waals surface area contributed by atoms with Crippen LogP contribution in [-0.4, -0.2) is 47.1 Å². The number of nitrogens with one attached hydrogen (secondary N) is 1. The van der Waals surface area contributed by atoms with Crippen molar-refractivity contribution in [3.63, 3.8) is 0 Å². The molecule has 4 rings (SSSR count). The van der Waals surface area contributed by atoms with Gasteiger partial charge in [0.25, 0.3) is 0 Å². The Kier molecular flexibility index (Phi) is 9.36. The van der Waals surface area contributed by atoms with Crippen LogP contribution in [0.4, 0.5) is 4.79 Å². The molecular formula is C32H36N2O5. The molecule has 0 aliphatic heterocycles. The predicted octanol–water partition coefficient (Wildman–Crippen LogP) is 5.50. The Morgan fingerprint density at radius 3 is 2.31 bits per heavy atom. The number of urea groups is 1. The third-order valence-corrected chi connectivity index (χ3v) is 6.86. The smallest absolute Gasteiger partial charge is 0.326 e. The number of hydrogen-bond acceptors (Lipinski definition) is 4. The van der Waals surface area contributed by atoms with Crippen LogP contribution in [-0.2, 0) is 28.9 Å². The number of aliphatic carboxylic acids is 1. The maximum absolute atomic E-state index is 13.1. The fourth-order valence-electron chi connectivity index (χ4n) is 4.88. The van der Waals surface area contributed by atoms with Crippen LogP contribution in [0.1, 0.15) is 43.4 Å². The summed E-state index contributed by atoms with van der Waals surface area (Å²) in [4.78, 5) is 39.2. The molecule has 3 aromatic carbocycles. The number of esters is 1. The summed E-state index contributed by atoms with van der Waals surface area (Å²) in [6, 6.07) is 21.7. The highest BCUT2D eigenvalue weighted by Gasteiger charge is 2.25. The fraction of sp³-hybridized carbons (Fsp3) is 0.344. The molecule has 0 saturated heterocycles. The molecule has 39 heavy (non-hydrogen) atoms. The predicted molar refractivity (Wildman–Crippen MR) is 151 cm³/mol. The summed E-state index contributed by atoms with van der Waals surface area (Å²) in [5.74, 6) is -0.888. The quantitative estimate of drug-likeness (QED) is 0.253. The molecule has 0 unspecified atom stereocenters. The Labute approximate surface area is 229 Å². The van der Waals surface area contributed by atoms with Crippen molar-refractivity contribution in [2.75, 3.05) is 13.1 Å². The number of nitrogens with zero attached hydrogens (tertiary/aromatic N) is 1. The first-order valence-corrected chi connectivity index (χ1v) is 13.5. The summed E-state index contributed by atoms with van der Waals surface area (Å²) >= 11 is 0. The molecule has 2 amide bonds. The van der Waals surface area contributed by atoms with Gasteiger partial charge in [0, 0.05) is 19.5 Å². The number of carbonyl (C=O) groups excluding carboxylic acids is 2. The van der Waals surface area contributed by atoms with E-state index in [2.05, 4.69) is 5.32 Å². The molecule has 7 heteroatoms. The normalized spacial score (nSPS) is 13.0. The lowest BCUT2D eigenvalue weighted by molar-refractivity contribution is -0.139. The third kappa shape index (κ3) is 7.93. The zero-order valence-electron chi connectivity index (χ0n) is 22.6. The summed E-state index contributed by atoms with van der Waals surface area (Å²) in [7, 11) is 0. The van der Waals surface area contributed by atoms with Crippen molar-refractivity contribution in [1.29, 1.82) is 0 Å². The van der Waals surface area contributed by atoms with Gasteiger partial charge >= 0.3 is 18.0 Å². The number of benzene rings is 3. The van der Waals surface area contributed by atoms with E-state index in [9.17, 15) is 19.5 Å². The highest BCUT2D eigenvalue weighted by molar-refractivity contribution is 5.83. The van der Waals surface area contributed by atoms with Gasteiger partial charge in [-0.05, 0) is 65.1 Å². The molecule has 0 bridgehead atoms. The van der Waals surface area contributed by atoms with Crippen LogP contribution >= 0.6 is 0 Å². The van der Waals surface area contributed by atoms with Gasteiger partial charge in [0.2, 0.25) is 0 Å². The largest absolute Gasteiger partial charge is 0.480 e. The molecule has 1 atom stereocenters. The van der Waals surface area contributed by atoms with Crippen LogP contribution in [0.5, 0.6) is 5.75 Å². The van der Waals surface area contributed by atoms with Gasteiger partial charge in [0.15, 0.2) is 0 Å². The van der Waals surface area contributed by atoms with E-state index in [4.69, 9.17) is 4.74 Å². The summed E-state index contributed by atoms with van der Waals surface area (Å²) < 4.78 is 5.52. The standard InChI is InChI=1S/C32H36N2O5/c1-22(2)21-34(18-17-30(35)39-28-16-15-25-9-6-10-27(25)20-28)32(38)33-29(31(36)37)19-23-11-13-26(14-12-23)24-7-4-3-5-8-24/h3-5,7-8,11-16,20,22,29H,6,9-10,17-19,21H2,1-2H3,(H,33,38)(H,36,37)/t29-/m0/s1. The first kappa shape index (κ1) is 27.9. The number of aryl methyl sites for hydroxylation is 2. The lowest BCUT2D eigenvalue weighted by Gasteiger charge is -2.26. The number of amides is 2. The average Bonchev–Trinajstić information content (AvgIpc) is 3.39. The maximum Gasteiger partial charge on any atom is 0.326 e. The molecule has 1 aliphatic rings. The Morgan fingerprint density at radius 2 is 1.62 bits per heavy atom. The van der Waals surface area contributed by atoms with Crippen molar-refractivity contribution in [3.8, 4) is 16.9 Å². The molecule has 2 N–H and O–H groups in total. The lowest BCUT2D eigenvalue weighted by Crippen LogP contribution is -2.50. The van der Waals surface area contributed by atoms with Crippen LogP contribution in [0.25, 0.3) is 11.1 Å². The van der Waals surface area contributed by atoms with Gasteiger partial charge in [-0.25, -0.2) is 9.59 Å². The second-order valence-corrected chi connectivity index (χ2v) is 10.5. The molecule has 0 radical (unpaired) electrons. The fourth-order valence-corrected chi connectivity index (χ4v) is 4.88. The van der Waals surface area contributed by atoms with Crippen molar-refractivity contribution in [2.24, 2.45) is 5.92 Å². The van der Waals surface area contributed by atoms with E-state index in [1.165, 1.54) is 16.0 Å². The van der Waals surface area contributed by atoms with E-state index in [-0.39, 0.29) is 25.3 Å². The number of rotatable bonds is 11. The van der Waals surface area contributed by atoms with Crippen molar-refractivity contribution in [2.45, 2.75) is 52.0 Å². The van der Waals surface area contributed by atoms with Crippen molar-refractivity contribution in [3.05, 3.63) is 89.5 Å². The first-order chi connectivity index (χ1) is 18.8. The van der Waals surface area contributed by atoms with Crippen LogP contribution < -0.4 is 10.1 Å². The first-order valence-electron chi connectivity index (χ1n) is 13.5. The Hall–Kier alpha value is -4.13. The maximum atomic E-state index is 13.1. The topological polar surface area (TPSA) is 95.9 Å². The minimum atomic E-state index is -1.11. The molecule has 0 spiro atoms. The number of hydrogen-bond donors (Lipinski definition) is 2. The number of carboxylic acids is 1. The third-order valence-electron chi connectivity index (χ3n) is 6.86. The number of carboxylic acid groups (broad SMARTS) is 1. The van der Waals surface area contributed by atoms with Gasteiger partial charge in [-0.2, -0.15) is 0 Å². The van der Waals surface area contributed by atoms with E-state index in [1.54, 1.807) is 0 Å². The summed E-state index contributed by atoms with van der Waals surface area (Å²) in [6.07, 6.45) is 3.31. The molecule has 1 aliphatic carbocycles. The molecule has 204 valence electrons. The van der Waals surface area contributed by atoms with Gasteiger partial charge in [-0.15, -0.1) is 0 Å². The molecule has 0 saturated carbocycles. The van der Waals surface area contributed by atoms with Crippen LogP contribution in [0, 0.1) is 5.92 Å². The Balaban J connectivity index is 1.34. The van der Waals surface area contributed by atoms with Crippen molar-refractivity contribution >= 4 is 18.0 Å². The van der Waals surface area contributed by atoms with Gasteiger partial charge in [-0.1, -0.05) is 74.5 Å². The lowest BCUT2D eigenvalue weighted by atomic mass is 10.0. The van der Waals surface area contributed by atoms with Gasteiger partial charge in [-0.3, -0.25) is 4.79 Å². The van der Waals surface area contributed by atoms with Crippen molar-refractivity contribution in [1.82, 2.24) is 10.2 Å². The summed E-state index contributed by atoms with van der Waals surface area (Å²) in [5.41, 5.74) is 5.43. The molecular weight excluding hydrogens is 492 g/mol. The van der Waals surface area contributed by atoms with Gasteiger partial charge in [0.1, 0.15) is 11.8 Å². The van der Waals surface area contributed by atoms with E-state index in [0.717, 1.165) is 36.0 Å². The Bertz CT molecular complexity index is 1290. The van der Waals surface area contributed by atoms with E-state index < -0.39 is 24.0 Å². The second-order valence-electron chi connectivity index (χ2n) is 10.5.